The minimum atomic E-state index is -0.534. The zero-order valence-corrected chi connectivity index (χ0v) is 10.6. The zero-order chi connectivity index (χ0) is 12.8. The average Bonchev–Trinajstić information content (AvgIpc) is 2.28. The van der Waals surface area contributed by atoms with Crippen LogP contribution in [0.2, 0.25) is 0 Å². The topological polar surface area (TPSA) is 44.8 Å². The van der Waals surface area contributed by atoms with Gasteiger partial charge in [-0.25, -0.2) is 4.39 Å². The predicted octanol–water partition coefficient (Wildman–Crippen LogP) is 1.72. The van der Waals surface area contributed by atoms with Gasteiger partial charge in [0.2, 0.25) is 0 Å². The summed E-state index contributed by atoms with van der Waals surface area (Å²) in [5.41, 5.74) is 0. The van der Waals surface area contributed by atoms with Crippen molar-refractivity contribution in [1.82, 2.24) is 0 Å². The van der Waals surface area contributed by atoms with Gasteiger partial charge in [0.15, 0.2) is 6.10 Å². The van der Waals surface area contributed by atoms with Crippen molar-refractivity contribution in [3.8, 4) is 0 Å². The van der Waals surface area contributed by atoms with Crippen LogP contribution >= 0.6 is 0 Å². The number of carbonyl (C=O) groups is 1. The number of esters is 1. The smallest absolute Gasteiger partial charge is 0.303 e. The molecule has 0 spiro atoms. The Morgan fingerprint density at radius 1 is 1.53 bits per heavy atom. The van der Waals surface area contributed by atoms with Crippen LogP contribution in [0.25, 0.3) is 0 Å². The fraction of sp³-hybridized carbons (Fsp3) is 0.917. The normalized spacial score (nSPS) is 33.4. The first-order valence-electron chi connectivity index (χ1n) is 6.06. The van der Waals surface area contributed by atoms with Gasteiger partial charge in [0.05, 0.1) is 19.3 Å². The van der Waals surface area contributed by atoms with E-state index in [-0.39, 0.29) is 30.7 Å². The molecule has 1 fully saturated rings. The lowest BCUT2D eigenvalue weighted by Gasteiger charge is -2.40. The number of ether oxygens (including phenoxy) is 3. The van der Waals surface area contributed by atoms with Crippen molar-refractivity contribution in [2.24, 2.45) is 5.92 Å². The number of carbonyl (C=O) groups excluding carboxylic acids is 1. The Morgan fingerprint density at radius 3 is 2.76 bits per heavy atom. The lowest BCUT2D eigenvalue weighted by Crippen LogP contribution is -2.51. The van der Waals surface area contributed by atoms with Crippen molar-refractivity contribution >= 4 is 5.97 Å². The molecule has 0 saturated carbocycles. The zero-order valence-electron chi connectivity index (χ0n) is 10.6. The molecule has 0 aromatic heterocycles. The molecular weight excluding hydrogens is 227 g/mol. The van der Waals surface area contributed by atoms with E-state index in [1.807, 2.05) is 13.8 Å². The van der Waals surface area contributed by atoms with E-state index in [9.17, 15) is 9.18 Å². The molecule has 0 aliphatic carbocycles. The van der Waals surface area contributed by atoms with E-state index < -0.39 is 12.8 Å². The minimum Gasteiger partial charge on any atom is -0.457 e. The largest absolute Gasteiger partial charge is 0.457 e. The minimum absolute atomic E-state index is 0.0310. The third-order valence-corrected chi connectivity index (χ3v) is 3.05. The van der Waals surface area contributed by atoms with Crippen molar-refractivity contribution in [2.75, 3.05) is 19.9 Å². The molecule has 0 aromatic carbocycles. The van der Waals surface area contributed by atoms with Crippen molar-refractivity contribution in [3.05, 3.63) is 0 Å². The number of rotatable bonds is 5. The SMILES string of the molecule is CC[C@H]1OC[C@H](OC(C)=O)[C@H](OCCF)[C@@H]1C. The van der Waals surface area contributed by atoms with Gasteiger partial charge in [0.1, 0.15) is 12.8 Å². The third kappa shape index (κ3) is 3.92. The van der Waals surface area contributed by atoms with Crippen LogP contribution in [0, 0.1) is 5.92 Å². The highest BCUT2D eigenvalue weighted by Gasteiger charge is 2.39. The van der Waals surface area contributed by atoms with E-state index in [1.165, 1.54) is 6.92 Å². The van der Waals surface area contributed by atoms with Gasteiger partial charge in [-0.1, -0.05) is 13.8 Å². The highest BCUT2D eigenvalue weighted by Crippen LogP contribution is 2.27. The highest BCUT2D eigenvalue weighted by atomic mass is 19.1. The molecule has 0 aromatic rings. The Bertz CT molecular complexity index is 247. The molecule has 1 heterocycles. The Labute approximate surface area is 101 Å². The molecule has 1 aliphatic heterocycles. The molecule has 4 atom stereocenters. The van der Waals surface area contributed by atoms with Gasteiger partial charge >= 0.3 is 5.97 Å². The highest BCUT2D eigenvalue weighted by molar-refractivity contribution is 5.66. The van der Waals surface area contributed by atoms with Crippen molar-refractivity contribution in [2.45, 2.75) is 45.5 Å². The molecule has 4 nitrogen and oxygen atoms in total. The van der Waals surface area contributed by atoms with Crippen LogP contribution in [0.5, 0.6) is 0 Å². The maximum atomic E-state index is 12.2. The molecule has 1 rings (SSSR count). The van der Waals surface area contributed by atoms with Gasteiger partial charge in [0.25, 0.3) is 0 Å². The lowest BCUT2D eigenvalue weighted by atomic mass is 9.90. The molecule has 100 valence electrons. The second-order valence-corrected chi connectivity index (χ2v) is 4.31. The quantitative estimate of drug-likeness (QED) is 0.695. The Morgan fingerprint density at radius 2 is 2.24 bits per heavy atom. The average molecular weight is 248 g/mol. The van der Waals surface area contributed by atoms with Crippen LogP contribution < -0.4 is 0 Å². The number of alkyl halides is 1. The third-order valence-electron chi connectivity index (χ3n) is 3.05. The maximum Gasteiger partial charge on any atom is 0.303 e. The molecule has 0 bridgehead atoms. The number of hydrogen-bond acceptors (Lipinski definition) is 4. The summed E-state index contributed by atoms with van der Waals surface area (Å²) in [6.45, 7) is 5.17. The summed E-state index contributed by atoms with van der Waals surface area (Å²) in [5.74, 6) is -0.278. The number of hydrogen-bond donors (Lipinski definition) is 0. The first kappa shape index (κ1) is 14.4. The summed E-state index contributed by atoms with van der Waals surface area (Å²) in [6, 6.07) is 0. The van der Waals surface area contributed by atoms with E-state index in [4.69, 9.17) is 14.2 Å². The standard InChI is InChI=1S/C12H21FO4/c1-4-10-8(2)12(15-6-5-13)11(7-16-10)17-9(3)14/h8,10-12H,4-7H2,1-3H3/t8-,10-,11+,12-/m1/s1. The molecule has 17 heavy (non-hydrogen) atoms. The summed E-state index contributed by atoms with van der Waals surface area (Å²) >= 11 is 0. The van der Waals surface area contributed by atoms with Gasteiger partial charge in [-0.05, 0) is 6.42 Å². The summed E-state index contributed by atoms with van der Waals surface area (Å²) < 4.78 is 28.4. The molecule has 0 unspecified atom stereocenters. The molecule has 0 N–H and O–H groups in total. The van der Waals surface area contributed by atoms with E-state index in [0.717, 1.165) is 6.42 Å². The van der Waals surface area contributed by atoms with E-state index in [1.54, 1.807) is 0 Å². The first-order valence-corrected chi connectivity index (χ1v) is 6.06. The number of halogens is 1. The Balaban J connectivity index is 2.65. The maximum absolute atomic E-state index is 12.2. The summed E-state index contributed by atoms with van der Waals surface area (Å²) in [7, 11) is 0. The fourth-order valence-electron chi connectivity index (χ4n) is 2.26. The van der Waals surface area contributed by atoms with Crippen molar-refractivity contribution < 1.29 is 23.4 Å². The second-order valence-electron chi connectivity index (χ2n) is 4.31. The van der Waals surface area contributed by atoms with Crippen molar-refractivity contribution in [1.29, 1.82) is 0 Å². The van der Waals surface area contributed by atoms with Crippen molar-refractivity contribution in [3.63, 3.8) is 0 Å². The van der Waals surface area contributed by atoms with Gasteiger partial charge < -0.3 is 14.2 Å². The fourth-order valence-corrected chi connectivity index (χ4v) is 2.26. The first-order chi connectivity index (χ1) is 8.10. The van der Waals surface area contributed by atoms with Crippen LogP contribution in [0.4, 0.5) is 4.39 Å². The summed E-state index contributed by atoms with van der Waals surface area (Å²) in [4.78, 5) is 11.0. The monoisotopic (exact) mass is 248 g/mol. The lowest BCUT2D eigenvalue weighted by molar-refractivity contribution is -0.197. The van der Waals surface area contributed by atoms with E-state index in [2.05, 4.69) is 0 Å². The molecular formula is C12H21FO4. The van der Waals surface area contributed by atoms with Crippen LogP contribution in [-0.2, 0) is 19.0 Å². The Kier molecular flexibility index (Phi) is 5.85. The predicted molar refractivity (Wildman–Crippen MR) is 60.5 cm³/mol. The van der Waals surface area contributed by atoms with Gasteiger partial charge in [0, 0.05) is 12.8 Å². The summed E-state index contributed by atoms with van der Waals surface area (Å²) in [6.07, 6.45) is 0.223. The molecule has 0 radical (unpaired) electrons. The van der Waals surface area contributed by atoms with Crippen LogP contribution in [0.15, 0.2) is 0 Å². The molecule has 5 heteroatoms. The molecule has 1 saturated heterocycles. The van der Waals surface area contributed by atoms with Gasteiger partial charge in [-0.3, -0.25) is 4.79 Å². The van der Waals surface area contributed by atoms with E-state index >= 15 is 0 Å². The van der Waals surface area contributed by atoms with Crippen LogP contribution in [-0.4, -0.2) is 44.2 Å². The van der Waals surface area contributed by atoms with E-state index in [0.29, 0.717) is 6.61 Å². The Hall–Kier alpha value is -0.680. The second kappa shape index (κ2) is 6.91. The summed E-state index contributed by atoms with van der Waals surface area (Å²) in [5, 5.41) is 0. The van der Waals surface area contributed by atoms with Gasteiger partial charge in [-0.15, -0.1) is 0 Å². The molecule has 0 amide bonds. The van der Waals surface area contributed by atoms with Crippen LogP contribution in [0.1, 0.15) is 27.2 Å². The van der Waals surface area contributed by atoms with Gasteiger partial charge in [-0.2, -0.15) is 0 Å². The molecule has 1 aliphatic rings. The van der Waals surface area contributed by atoms with Crippen LogP contribution in [0.3, 0.4) is 0 Å².